The van der Waals surface area contributed by atoms with Crippen LogP contribution >= 0.6 is 0 Å². The minimum absolute atomic E-state index is 0.106. The van der Waals surface area contributed by atoms with Gasteiger partial charge in [0.1, 0.15) is 6.33 Å². The van der Waals surface area contributed by atoms with Crippen LogP contribution < -0.4 is 10.9 Å². The van der Waals surface area contributed by atoms with Gasteiger partial charge in [0.05, 0.1) is 6.54 Å². The first-order valence-electron chi connectivity index (χ1n) is 5.73. The molecular formula is C11H16N6O. The lowest BCUT2D eigenvalue weighted by Gasteiger charge is -2.10. The number of hydrogen-bond donors (Lipinski definition) is 1. The molecule has 0 amide bonds. The van der Waals surface area contributed by atoms with Gasteiger partial charge in [0.25, 0.3) is 5.56 Å². The van der Waals surface area contributed by atoms with Crippen LogP contribution in [0, 0.1) is 0 Å². The van der Waals surface area contributed by atoms with Gasteiger partial charge < -0.3 is 9.88 Å². The predicted molar refractivity (Wildman–Crippen MR) is 67.2 cm³/mol. The minimum atomic E-state index is -0.136. The third-order valence-corrected chi connectivity index (χ3v) is 2.49. The van der Waals surface area contributed by atoms with Crippen LogP contribution in [-0.4, -0.2) is 24.3 Å². The first-order valence-corrected chi connectivity index (χ1v) is 5.73. The Morgan fingerprint density at radius 3 is 2.78 bits per heavy atom. The van der Waals surface area contributed by atoms with Crippen LogP contribution in [0.5, 0.6) is 0 Å². The van der Waals surface area contributed by atoms with Gasteiger partial charge in [-0.1, -0.05) is 0 Å². The molecule has 0 atom stereocenters. The SMILES string of the molecule is CC(C)n1ccnc(NCc2ncn(C)n2)c1=O. The molecule has 0 unspecified atom stereocenters. The Morgan fingerprint density at radius 2 is 2.17 bits per heavy atom. The van der Waals surface area contributed by atoms with Gasteiger partial charge in [0.15, 0.2) is 11.6 Å². The van der Waals surface area contributed by atoms with Gasteiger partial charge in [-0.3, -0.25) is 9.48 Å². The molecule has 0 saturated carbocycles. The van der Waals surface area contributed by atoms with Gasteiger partial charge in [-0.05, 0) is 13.8 Å². The number of nitrogens with zero attached hydrogens (tertiary/aromatic N) is 5. The molecule has 1 N–H and O–H groups in total. The Kier molecular flexibility index (Phi) is 3.40. The number of hydrogen-bond acceptors (Lipinski definition) is 5. The fraction of sp³-hybridized carbons (Fsp3) is 0.455. The zero-order valence-electron chi connectivity index (χ0n) is 10.7. The smallest absolute Gasteiger partial charge is 0.293 e. The van der Waals surface area contributed by atoms with Crippen LogP contribution in [0.15, 0.2) is 23.5 Å². The first-order chi connectivity index (χ1) is 8.58. The Balaban J connectivity index is 2.15. The highest BCUT2D eigenvalue weighted by molar-refractivity contribution is 5.31. The van der Waals surface area contributed by atoms with Crippen molar-refractivity contribution in [3.63, 3.8) is 0 Å². The van der Waals surface area contributed by atoms with Crippen molar-refractivity contribution in [3.05, 3.63) is 34.9 Å². The van der Waals surface area contributed by atoms with E-state index in [2.05, 4.69) is 20.4 Å². The topological polar surface area (TPSA) is 77.6 Å². The number of nitrogens with one attached hydrogen (secondary N) is 1. The first kappa shape index (κ1) is 12.3. The van der Waals surface area contributed by atoms with Crippen LogP contribution in [0.4, 0.5) is 5.82 Å². The molecule has 2 aromatic heterocycles. The van der Waals surface area contributed by atoms with Gasteiger partial charge in [-0.15, -0.1) is 0 Å². The number of aromatic nitrogens is 5. The molecule has 0 saturated heterocycles. The average Bonchev–Trinajstić information content (AvgIpc) is 2.73. The van der Waals surface area contributed by atoms with E-state index in [1.54, 1.807) is 35.0 Å². The Morgan fingerprint density at radius 1 is 1.39 bits per heavy atom. The standard InChI is InChI=1S/C11H16N6O/c1-8(2)17-5-4-12-10(11(17)18)13-6-9-14-7-16(3)15-9/h4-5,7-8H,6H2,1-3H3,(H,12,13). The summed E-state index contributed by atoms with van der Waals surface area (Å²) in [5, 5.41) is 7.07. The predicted octanol–water partition coefficient (Wildman–Crippen LogP) is 0.565. The molecule has 0 bridgehead atoms. The van der Waals surface area contributed by atoms with E-state index < -0.39 is 0 Å². The molecule has 2 aromatic rings. The Bertz CT molecular complexity index is 585. The summed E-state index contributed by atoms with van der Waals surface area (Å²) in [6.45, 7) is 4.28. The van der Waals surface area contributed by atoms with Crippen molar-refractivity contribution in [2.75, 3.05) is 5.32 Å². The molecule has 0 aromatic carbocycles. The van der Waals surface area contributed by atoms with Crippen molar-refractivity contribution >= 4 is 5.82 Å². The lowest BCUT2D eigenvalue weighted by molar-refractivity contribution is 0.575. The van der Waals surface area contributed by atoms with Gasteiger partial charge in [-0.25, -0.2) is 9.97 Å². The molecule has 2 heterocycles. The Hall–Kier alpha value is -2.18. The van der Waals surface area contributed by atoms with Crippen molar-refractivity contribution in [2.45, 2.75) is 26.4 Å². The van der Waals surface area contributed by atoms with Gasteiger partial charge >= 0.3 is 0 Å². The van der Waals surface area contributed by atoms with Crippen molar-refractivity contribution in [2.24, 2.45) is 7.05 Å². The van der Waals surface area contributed by atoms with Gasteiger partial charge in [-0.2, -0.15) is 5.10 Å². The molecule has 2 rings (SSSR count). The van der Waals surface area contributed by atoms with E-state index in [1.165, 1.54) is 0 Å². The summed E-state index contributed by atoms with van der Waals surface area (Å²) < 4.78 is 3.24. The summed E-state index contributed by atoms with van der Waals surface area (Å²) in [5.74, 6) is 0.942. The van der Waals surface area contributed by atoms with Crippen LogP contribution in [0.2, 0.25) is 0 Å². The van der Waals surface area contributed by atoms with Gasteiger partial charge in [0, 0.05) is 25.5 Å². The molecule has 0 aliphatic heterocycles. The summed E-state index contributed by atoms with van der Waals surface area (Å²) in [6.07, 6.45) is 4.90. The summed E-state index contributed by atoms with van der Waals surface area (Å²) in [7, 11) is 1.79. The van der Waals surface area contributed by atoms with Crippen molar-refractivity contribution in [3.8, 4) is 0 Å². The van der Waals surface area contributed by atoms with Crippen LogP contribution in [0.25, 0.3) is 0 Å². The van der Waals surface area contributed by atoms with Crippen LogP contribution in [0.3, 0.4) is 0 Å². The lowest BCUT2D eigenvalue weighted by Crippen LogP contribution is -2.25. The van der Waals surface area contributed by atoms with E-state index >= 15 is 0 Å². The molecule has 96 valence electrons. The van der Waals surface area contributed by atoms with E-state index in [1.807, 2.05) is 13.8 Å². The van der Waals surface area contributed by atoms with Crippen LogP contribution in [-0.2, 0) is 13.6 Å². The molecule has 0 aliphatic carbocycles. The van der Waals surface area contributed by atoms with E-state index in [9.17, 15) is 4.79 Å². The third kappa shape index (κ3) is 2.55. The monoisotopic (exact) mass is 248 g/mol. The fourth-order valence-corrected chi connectivity index (χ4v) is 1.58. The zero-order chi connectivity index (χ0) is 13.1. The molecule has 7 heteroatoms. The number of aryl methyl sites for hydroxylation is 1. The van der Waals surface area contributed by atoms with E-state index in [0.29, 0.717) is 18.2 Å². The maximum absolute atomic E-state index is 12.0. The maximum Gasteiger partial charge on any atom is 0.293 e. The summed E-state index contributed by atoms with van der Waals surface area (Å²) in [5.41, 5.74) is -0.136. The normalized spacial score (nSPS) is 10.9. The highest BCUT2D eigenvalue weighted by atomic mass is 16.1. The second kappa shape index (κ2) is 4.99. The maximum atomic E-state index is 12.0. The molecule has 0 aliphatic rings. The zero-order valence-corrected chi connectivity index (χ0v) is 10.7. The van der Waals surface area contributed by atoms with Gasteiger partial charge in [0.2, 0.25) is 0 Å². The minimum Gasteiger partial charge on any atom is -0.358 e. The summed E-state index contributed by atoms with van der Waals surface area (Å²) in [6, 6.07) is 0.106. The van der Waals surface area contributed by atoms with E-state index in [-0.39, 0.29) is 11.6 Å². The highest BCUT2D eigenvalue weighted by Crippen LogP contribution is 2.02. The molecular weight excluding hydrogens is 232 g/mol. The van der Waals surface area contributed by atoms with E-state index in [0.717, 1.165) is 0 Å². The average molecular weight is 248 g/mol. The van der Waals surface area contributed by atoms with Crippen molar-refractivity contribution in [1.29, 1.82) is 0 Å². The molecule has 7 nitrogen and oxygen atoms in total. The molecule has 18 heavy (non-hydrogen) atoms. The lowest BCUT2D eigenvalue weighted by atomic mass is 10.4. The highest BCUT2D eigenvalue weighted by Gasteiger charge is 2.07. The summed E-state index contributed by atoms with van der Waals surface area (Å²) >= 11 is 0. The second-order valence-corrected chi connectivity index (χ2v) is 4.27. The van der Waals surface area contributed by atoms with Crippen molar-refractivity contribution in [1.82, 2.24) is 24.3 Å². The second-order valence-electron chi connectivity index (χ2n) is 4.27. The molecule has 0 fully saturated rings. The Labute approximate surface area is 105 Å². The molecule has 0 radical (unpaired) electrons. The van der Waals surface area contributed by atoms with Crippen molar-refractivity contribution < 1.29 is 0 Å². The fourth-order valence-electron chi connectivity index (χ4n) is 1.58. The van der Waals surface area contributed by atoms with E-state index in [4.69, 9.17) is 0 Å². The number of rotatable bonds is 4. The third-order valence-electron chi connectivity index (χ3n) is 2.49. The largest absolute Gasteiger partial charge is 0.358 e. The quantitative estimate of drug-likeness (QED) is 0.855. The summed E-state index contributed by atoms with van der Waals surface area (Å²) in [4.78, 5) is 20.1. The number of anilines is 1. The van der Waals surface area contributed by atoms with Crippen LogP contribution in [0.1, 0.15) is 25.7 Å². The molecule has 0 spiro atoms.